The fourth-order valence-corrected chi connectivity index (χ4v) is 4.18. The summed E-state index contributed by atoms with van der Waals surface area (Å²) in [4.78, 5) is 32.5. The molecule has 0 unspecified atom stereocenters. The fourth-order valence-electron chi connectivity index (χ4n) is 3.17. The van der Waals surface area contributed by atoms with Gasteiger partial charge in [-0.2, -0.15) is 0 Å². The number of halogens is 2. The molecule has 12 heteroatoms. The number of aromatic nitrogens is 1. The van der Waals surface area contributed by atoms with Gasteiger partial charge in [0.05, 0.1) is 35.4 Å². The molecule has 0 atom stereocenters. The van der Waals surface area contributed by atoms with Crippen LogP contribution in [0, 0.1) is 15.9 Å². The number of nitrogens with zero attached hydrogens (tertiary/aromatic N) is 4. The summed E-state index contributed by atoms with van der Waals surface area (Å²) in [6.07, 6.45) is 0.601. The lowest BCUT2D eigenvalue weighted by molar-refractivity contribution is -0.385. The van der Waals surface area contributed by atoms with Gasteiger partial charge in [0, 0.05) is 12.6 Å². The second-order valence-corrected chi connectivity index (χ2v) is 8.21. The van der Waals surface area contributed by atoms with Gasteiger partial charge < -0.3 is 14.4 Å². The molecule has 1 aromatic heterocycles. The second-order valence-electron chi connectivity index (χ2n) is 7.20. The molecular formula is C21H24ClFN4O5S. The van der Waals surface area contributed by atoms with E-state index in [-0.39, 0.29) is 36.0 Å². The summed E-state index contributed by atoms with van der Waals surface area (Å²) in [6.45, 7) is 0.960. The van der Waals surface area contributed by atoms with Gasteiger partial charge in [0.25, 0.3) is 11.6 Å². The molecule has 3 aromatic rings. The molecule has 0 aliphatic heterocycles. The Morgan fingerprint density at radius 3 is 2.42 bits per heavy atom. The highest BCUT2D eigenvalue weighted by Gasteiger charge is 2.30. The van der Waals surface area contributed by atoms with Gasteiger partial charge in [-0.25, -0.2) is 9.37 Å². The van der Waals surface area contributed by atoms with E-state index in [0.29, 0.717) is 28.3 Å². The van der Waals surface area contributed by atoms with Crippen molar-refractivity contribution in [2.75, 3.05) is 46.3 Å². The third-order valence-corrected chi connectivity index (χ3v) is 5.77. The molecule has 178 valence electrons. The van der Waals surface area contributed by atoms with E-state index in [1.807, 2.05) is 19.0 Å². The quantitative estimate of drug-likeness (QED) is 0.319. The number of anilines is 1. The van der Waals surface area contributed by atoms with Crippen LogP contribution in [0.5, 0.6) is 11.5 Å². The maximum absolute atomic E-state index is 13.7. The molecule has 0 fully saturated rings. The molecule has 0 aliphatic carbocycles. The van der Waals surface area contributed by atoms with Crippen LogP contribution in [-0.2, 0) is 0 Å². The van der Waals surface area contributed by atoms with Crippen LogP contribution in [0.1, 0.15) is 16.8 Å². The van der Waals surface area contributed by atoms with Crippen LogP contribution in [0.25, 0.3) is 10.2 Å². The van der Waals surface area contributed by atoms with Crippen LogP contribution in [0.2, 0.25) is 0 Å². The van der Waals surface area contributed by atoms with Gasteiger partial charge in [0.15, 0.2) is 16.6 Å². The molecule has 0 radical (unpaired) electrons. The zero-order chi connectivity index (χ0) is 23.4. The van der Waals surface area contributed by atoms with Crippen LogP contribution in [0.4, 0.5) is 15.2 Å². The van der Waals surface area contributed by atoms with Crippen LogP contribution in [-0.4, -0.2) is 62.1 Å². The van der Waals surface area contributed by atoms with Gasteiger partial charge in [0.1, 0.15) is 11.4 Å². The lowest BCUT2D eigenvalue weighted by Gasteiger charge is -2.21. The number of hydrogen-bond acceptors (Lipinski definition) is 8. The topological polar surface area (TPSA) is 98.0 Å². The smallest absolute Gasteiger partial charge is 0.286 e. The van der Waals surface area contributed by atoms with Crippen molar-refractivity contribution in [2.45, 2.75) is 6.42 Å². The first-order valence-corrected chi connectivity index (χ1v) is 10.5. The first-order chi connectivity index (χ1) is 15.2. The summed E-state index contributed by atoms with van der Waals surface area (Å²) in [5, 5.41) is 12.0. The van der Waals surface area contributed by atoms with E-state index in [4.69, 9.17) is 9.47 Å². The van der Waals surface area contributed by atoms with E-state index in [0.717, 1.165) is 17.4 Å². The largest absolute Gasteiger partial charge is 0.493 e. The van der Waals surface area contributed by atoms with E-state index in [2.05, 4.69) is 4.98 Å². The Labute approximate surface area is 200 Å². The highest BCUT2D eigenvalue weighted by atomic mass is 35.5. The number of hydrogen-bond donors (Lipinski definition) is 0. The normalized spacial score (nSPS) is 10.7. The van der Waals surface area contributed by atoms with Gasteiger partial charge in [-0.3, -0.25) is 19.8 Å². The standard InChI is InChI=1S/C21H23FN4O5S.ClH/c1-24(2)8-5-9-25(21-23-15-7-6-13(22)10-19(15)32-21)20(27)14-11-17(30-3)18(31-4)12-16(14)26(28)29;/h6-7,10-12H,5,8-9H2,1-4H3;1H. The van der Waals surface area contributed by atoms with Crippen molar-refractivity contribution in [2.24, 2.45) is 0 Å². The predicted octanol–water partition coefficient (Wildman–Crippen LogP) is 4.38. The summed E-state index contributed by atoms with van der Waals surface area (Å²) in [6, 6.07) is 6.64. The number of fused-ring (bicyclic) bond motifs is 1. The molecule has 9 nitrogen and oxygen atoms in total. The lowest BCUT2D eigenvalue weighted by atomic mass is 10.1. The van der Waals surface area contributed by atoms with Gasteiger partial charge in [-0.05, 0) is 45.3 Å². The Morgan fingerprint density at radius 2 is 1.82 bits per heavy atom. The molecule has 2 aromatic carbocycles. The minimum atomic E-state index is -0.638. The third kappa shape index (κ3) is 5.86. The number of ether oxygens (including phenoxy) is 2. The summed E-state index contributed by atoms with van der Waals surface area (Å²) in [5.41, 5.74) is -0.0148. The molecule has 0 bridgehead atoms. The fraction of sp³-hybridized carbons (Fsp3) is 0.333. The number of carbonyl (C=O) groups excluding carboxylic acids is 1. The van der Waals surface area contributed by atoms with E-state index in [1.54, 1.807) is 0 Å². The SMILES string of the molecule is COc1cc(C(=O)N(CCCN(C)C)c2nc3ccc(F)cc3s2)c([N+](=O)[O-])cc1OC.Cl. The monoisotopic (exact) mass is 498 g/mol. The number of carbonyl (C=O) groups is 1. The zero-order valence-electron chi connectivity index (χ0n) is 18.5. The minimum absolute atomic E-state index is 0. The highest BCUT2D eigenvalue weighted by Crippen LogP contribution is 2.37. The first kappa shape index (κ1) is 26.2. The van der Waals surface area contributed by atoms with Gasteiger partial charge in [0.2, 0.25) is 0 Å². The summed E-state index contributed by atoms with van der Waals surface area (Å²) in [5.74, 6) is -0.670. The molecule has 0 N–H and O–H groups in total. The summed E-state index contributed by atoms with van der Waals surface area (Å²) >= 11 is 1.15. The molecule has 0 aliphatic rings. The molecule has 33 heavy (non-hydrogen) atoms. The van der Waals surface area contributed by atoms with E-state index in [9.17, 15) is 19.3 Å². The van der Waals surface area contributed by atoms with Crippen LogP contribution < -0.4 is 14.4 Å². The average Bonchev–Trinajstić information content (AvgIpc) is 3.17. The number of rotatable bonds is 9. The minimum Gasteiger partial charge on any atom is -0.493 e. The summed E-state index contributed by atoms with van der Waals surface area (Å²) in [7, 11) is 6.56. The van der Waals surface area contributed by atoms with Crippen molar-refractivity contribution in [3.63, 3.8) is 0 Å². The first-order valence-electron chi connectivity index (χ1n) is 9.68. The Bertz CT molecular complexity index is 1160. The summed E-state index contributed by atoms with van der Waals surface area (Å²) < 4.78 is 24.6. The molecule has 0 spiro atoms. The Balaban J connectivity index is 0.00000385. The van der Waals surface area contributed by atoms with Crippen LogP contribution in [0.3, 0.4) is 0 Å². The van der Waals surface area contributed by atoms with Crippen LogP contribution in [0.15, 0.2) is 30.3 Å². The lowest BCUT2D eigenvalue weighted by Crippen LogP contribution is -2.34. The number of benzene rings is 2. The van der Waals surface area contributed by atoms with Crippen LogP contribution >= 0.6 is 23.7 Å². The van der Waals surface area contributed by atoms with Crippen molar-refractivity contribution in [1.29, 1.82) is 0 Å². The molecule has 0 saturated heterocycles. The van der Waals surface area contributed by atoms with Crippen molar-refractivity contribution < 1.29 is 23.6 Å². The number of methoxy groups -OCH3 is 2. The van der Waals surface area contributed by atoms with Crippen molar-refractivity contribution in [1.82, 2.24) is 9.88 Å². The number of nitro groups is 1. The van der Waals surface area contributed by atoms with Crippen molar-refractivity contribution >= 4 is 50.7 Å². The average molecular weight is 499 g/mol. The number of amides is 1. The maximum atomic E-state index is 13.7. The molecule has 0 saturated carbocycles. The predicted molar refractivity (Wildman–Crippen MR) is 128 cm³/mol. The maximum Gasteiger partial charge on any atom is 0.286 e. The molecule has 3 rings (SSSR count). The third-order valence-electron chi connectivity index (χ3n) is 4.73. The van der Waals surface area contributed by atoms with E-state index < -0.39 is 22.3 Å². The number of nitro benzene ring substituents is 1. The second kappa shape index (κ2) is 11.2. The molecule has 1 heterocycles. The van der Waals surface area contributed by atoms with Crippen molar-refractivity contribution in [3.05, 3.63) is 51.8 Å². The molecular weight excluding hydrogens is 475 g/mol. The Kier molecular flexibility index (Phi) is 8.91. The highest BCUT2D eigenvalue weighted by molar-refractivity contribution is 7.22. The number of thiazole rings is 1. The van der Waals surface area contributed by atoms with E-state index in [1.165, 1.54) is 43.4 Å². The zero-order valence-corrected chi connectivity index (χ0v) is 20.2. The van der Waals surface area contributed by atoms with Crippen molar-refractivity contribution in [3.8, 4) is 11.5 Å². The van der Waals surface area contributed by atoms with E-state index >= 15 is 0 Å². The van der Waals surface area contributed by atoms with Gasteiger partial charge in [-0.1, -0.05) is 11.3 Å². The van der Waals surface area contributed by atoms with Gasteiger partial charge in [-0.15, -0.1) is 12.4 Å². The Morgan fingerprint density at radius 1 is 1.15 bits per heavy atom. The Hall–Kier alpha value is -3.02. The molecule has 1 amide bonds. The van der Waals surface area contributed by atoms with Gasteiger partial charge >= 0.3 is 0 Å².